The number of aromatic nitrogens is 2. The van der Waals surface area contributed by atoms with Crippen molar-refractivity contribution in [2.24, 2.45) is 4.99 Å². The van der Waals surface area contributed by atoms with E-state index in [4.69, 9.17) is 23.2 Å². The standard InChI is InChI=1S/C11H7Cl2N3O.Na/c1-5-10(17)15-11-14-8-3-2-7(12)9(13)6(8)4-16(5)11;/h2-3H,1,4H2,(H,14,15,17);/q;+1/p-1. The third kappa shape index (κ3) is 1.98. The average molecular weight is 290 g/mol. The Morgan fingerprint density at radius 1 is 1.39 bits per heavy atom. The first-order valence-corrected chi connectivity index (χ1v) is 5.61. The number of hydrogen-bond acceptors (Lipinski definition) is 2. The first kappa shape index (κ1) is 13.9. The van der Waals surface area contributed by atoms with Crippen LogP contribution in [0.15, 0.2) is 21.9 Å². The summed E-state index contributed by atoms with van der Waals surface area (Å²) in [5, 5.41) is 1.24. The van der Waals surface area contributed by atoms with E-state index in [2.05, 4.69) is 16.6 Å². The maximum Gasteiger partial charge on any atom is 1.00 e. The van der Waals surface area contributed by atoms with Gasteiger partial charge in [-0.3, -0.25) is 4.79 Å². The Balaban J connectivity index is 0.00000120. The van der Waals surface area contributed by atoms with Crippen LogP contribution < -0.4 is 51.1 Å². The molecule has 2 heterocycles. The summed E-state index contributed by atoms with van der Waals surface area (Å²) in [5.74, 6) is 0. The van der Waals surface area contributed by atoms with Crippen molar-refractivity contribution in [3.05, 3.63) is 49.1 Å². The molecule has 18 heavy (non-hydrogen) atoms. The predicted octanol–water partition coefficient (Wildman–Crippen LogP) is -2.16. The van der Waals surface area contributed by atoms with Crippen LogP contribution in [0.2, 0.25) is 10.0 Å². The van der Waals surface area contributed by atoms with Gasteiger partial charge >= 0.3 is 29.6 Å². The van der Waals surface area contributed by atoms with E-state index < -0.39 is 0 Å². The molecular weight excluding hydrogens is 284 g/mol. The summed E-state index contributed by atoms with van der Waals surface area (Å²) in [6.45, 7) is 4.09. The number of hydrogen-bond donors (Lipinski definition) is 0. The quantitative estimate of drug-likeness (QED) is 0.443. The normalized spacial score (nSPS) is 12.1. The van der Waals surface area contributed by atoms with Crippen molar-refractivity contribution in [3.63, 3.8) is 0 Å². The molecule has 3 rings (SSSR count). The smallest absolute Gasteiger partial charge is 0.390 e. The second-order valence-corrected chi connectivity index (χ2v) is 4.51. The van der Waals surface area contributed by atoms with E-state index in [1.807, 2.05) is 0 Å². The molecule has 0 amide bonds. The molecule has 0 saturated carbocycles. The molecule has 1 aromatic heterocycles. The Hall–Kier alpha value is -0.520. The molecule has 0 aliphatic carbocycles. The molecule has 0 saturated heterocycles. The van der Waals surface area contributed by atoms with Crippen molar-refractivity contribution in [2.75, 3.05) is 0 Å². The summed E-state index contributed by atoms with van der Waals surface area (Å²) in [6, 6.07) is 3.43. The molecule has 0 fully saturated rings. The zero-order valence-electron chi connectivity index (χ0n) is 9.57. The van der Waals surface area contributed by atoms with Gasteiger partial charge in [0.1, 0.15) is 0 Å². The second-order valence-electron chi connectivity index (χ2n) is 3.72. The summed E-state index contributed by atoms with van der Waals surface area (Å²) in [6.07, 6.45) is 0. The second kappa shape index (κ2) is 4.87. The molecule has 2 aromatic rings. The Labute approximate surface area is 134 Å². The van der Waals surface area contributed by atoms with E-state index >= 15 is 0 Å². The van der Waals surface area contributed by atoms with Crippen LogP contribution in [0.4, 0.5) is 5.69 Å². The molecule has 1 aliphatic rings. The maximum absolute atomic E-state index is 11.4. The van der Waals surface area contributed by atoms with E-state index in [0.717, 1.165) is 5.56 Å². The van der Waals surface area contributed by atoms with Crippen LogP contribution in [0.5, 0.6) is 0 Å². The van der Waals surface area contributed by atoms with E-state index in [0.29, 0.717) is 33.2 Å². The molecule has 4 nitrogen and oxygen atoms in total. The fourth-order valence-electron chi connectivity index (χ4n) is 1.81. The van der Waals surface area contributed by atoms with Crippen molar-refractivity contribution < 1.29 is 29.6 Å². The van der Waals surface area contributed by atoms with Gasteiger partial charge in [-0.2, -0.15) is 0 Å². The van der Waals surface area contributed by atoms with E-state index in [-0.39, 0.29) is 35.1 Å². The van der Waals surface area contributed by atoms with Gasteiger partial charge in [-0.25, -0.2) is 0 Å². The van der Waals surface area contributed by atoms with Crippen LogP contribution >= 0.6 is 23.2 Å². The van der Waals surface area contributed by atoms with Crippen LogP contribution in [0.3, 0.4) is 0 Å². The van der Waals surface area contributed by atoms with Gasteiger partial charge in [-0.15, -0.1) is 0 Å². The zero-order chi connectivity index (χ0) is 12.2. The summed E-state index contributed by atoms with van der Waals surface area (Å²) in [5.41, 5.74) is 1.48. The minimum atomic E-state index is -0.362. The van der Waals surface area contributed by atoms with Crippen LogP contribution in [-0.4, -0.2) is 4.57 Å². The molecule has 7 heteroatoms. The molecule has 0 spiro atoms. The Morgan fingerprint density at radius 3 is 2.83 bits per heavy atom. The van der Waals surface area contributed by atoms with Gasteiger partial charge in [0.15, 0.2) is 0 Å². The topological polar surface area (TPSA) is 48.5 Å². The van der Waals surface area contributed by atoms with Crippen LogP contribution in [-0.2, 0) is 6.54 Å². The molecule has 1 aromatic carbocycles. The summed E-state index contributed by atoms with van der Waals surface area (Å²) >= 11 is 12.1. The molecule has 1 aliphatic heterocycles. The number of benzene rings is 1. The van der Waals surface area contributed by atoms with Gasteiger partial charge in [0.2, 0.25) is 5.56 Å². The maximum atomic E-state index is 11.4. The van der Waals surface area contributed by atoms with E-state index in [9.17, 15) is 4.79 Å². The van der Waals surface area contributed by atoms with Crippen molar-refractivity contribution in [1.82, 2.24) is 9.55 Å². The Kier molecular flexibility index (Phi) is 3.76. The van der Waals surface area contributed by atoms with Gasteiger partial charge in [-0.1, -0.05) is 35.8 Å². The summed E-state index contributed by atoms with van der Waals surface area (Å²) < 4.78 is 1.63. The van der Waals surface area contributed by atoms with Gasteiger partial charge in [0.05, 0.1) is 10.0 Å². The molecular formula is C11H6Cl2N3NaO. The molecule has 0 N–H and O–H groups in total. The van der Waals surface area contributed by atoms with Crippen LogP contribution in [0.1, 0.15) is 5.56 Å². The number of rotatable bonds is 0. The Morgan fingerprint density at radius 2 is 2.11 bits per heavy atom. The van der Waals surface area contributed by atoms with E-state index in [1.54, 1.807) is 16.7 Å². The molecule has 0 radical (unpaired) electrons. The predicted molar refractivity (Wildman–Crippen MR) is 65.5 cm³/mol. The zero-order valence-corrected chi connectivity index (χ0v) is 13.1. The SMILES string of the molecule is C=c1c(=O)[n-]c2n1Cc1c(ccc(Cl)c1Cl)N=2.[Na+]. The third-order valence-electron chi connectivity index (χ3n) is 2.72. The van der Waals surface area contributed by atoms with E-state index in [1.165, 1.54) is 0 Å². The van der Waals surface area contributed by atoms with Crippen molar-refractivity contribution in [2.45, 2.75) is 6.54 Å². The van der Waals surface area contributed by atoms with Crippen molar-refractivity contribution in [3.8, 4) is 0 Å². The fourth-order valence-corrected chi connectivity index (χ4v) is 2.20. The monoisotopic (exact) mass is 289 g/mol. The Bertz CT molecular complexity index is 794. The third-order valence-corrected chi connectivity index (χ3v) is 3.57. The number of fused-ring (bicyclic) bond motifs is 2. The van der Waals surface area contributed by atoms with Gasteiger partial charge in [0, 0.05) is 17.5 Å². The average Bonchev–Trinajstić information content (AvgIpc) is 2.58. The number of nitrogens with zero attached hydrogens (tertiary/aromatic N) is 3. The first-order chi connectivity index (χ1) is 8.08. The molecule has 0 atom stereocenters. The van der Waals surface area contributed by atoms with Gasteiger partial charge in [-0.05, 0) is 17.3 Å². The van der Waals surface area contributed by atoms with Gasteiger partial charge in [0.25, 0.3) is 0 Å². The minimum absolute atomic E-state index is 0. The molecule has 86 valence electrons. The number of halogens is 2. The minimum Gasteiger partial charge on any atom is -0.390 e. The van der Waals surface area contributed by atoms with Crippen molar-refractivity contribution in [1.29, 1.82) is 0 Å². The van der Waals surface area contributed by atoms with Crippen molar-refractivity contribution >= 4 is 35.5 Å². The number of imidazole rings is 1. The molecule has 0 unspecified atom stereocenters. The molecule has 0 bridgehead atoms. The summed E-state index contributed by atoms with van der Waals surface area (Å²) in [7, 11) is 0. The van der Waals surface area contributed by atoms with Gasteiger partial charge < -0.3 is 14.5 Å². The van der Waals surface area contributed by atoms with Crippen LogP contribution in [0, 0.1) is 0 Å². The largest absolute Gasteiger partial charge is 1.00 e. The first-order valence-electron chi connectivity index (χ1n) is 4.86. The van der Waals surface area contributed by atoms with Crippen LogP contribution in [0.25, 0.3) is 6.58 Å². The fraction of sp³-hybridized carbons (Fsp3) is 0.0909. The summed E-state index contributed by atoms with van der Waals surface area (Å²) in [4.78, 5) is 19.5.